The summed E-state index contributed by atoms with van der Waals surface area (Å²) in [6, 6.07) is 13.0. The zero-order valence-electron chi connectivity index (χ0n) is 12.8. The van der Waals surface area contributed by atoms with E-state index in [9.17, 15) is 14.4 Å². The molecule has 0 saturated carbocycles. The van der Waals surface area contributed by atoms with E-state index in [0.29, 0.717) is 5.82 Å². The van der Waals surface area contributed by atoms with Gasteiger partial charge in [-0.05, 0) is 17.7 Å². The Balaban J connectivity index is 1.60. The molecule has 2 heterocycles. The molecule has 1 aliphatic rings. The molecule has 2 N–H and O–H groups in total. The lowest BCUT2D eigenvalue weighted by molar-refractivity contribution is -0.130. The Bertz CT molecular complexity index is 749. The Hall–Kier alpha value is -3.22. The van der Waals surface area contributed by atoms with Crippen LogP contribution in [0.2, 0.25) is 0 Å². The molecule has 4 amide bonds. The molecule has 0 aliphatic carbocycles. The minimum atomic E-state index is -0.857. The number of benzene rings is 1. The molecular weight excluding hydrogens is 308 g/mol. The number of nitrogens with zero attached hydrogens (tertiary/aromatic N) is 2. The Morgan fingerprint density at radius 1 is 1.12 bits per heavy atom. The number of hydrogen-bond donors (Lipinski definition) is 2. The van der Waals surface area contributed by atoms with Crippen LogP contribution >= 0.6 is 0 Å². The van der Waals surface area contributed by atoms with Crippen LogP contribution in [-0.4, -0.2) is 33.8 Å². The SMILES string of the molecule is O=C(C[C@@H]1NC(=O)N(Cc2ccccc2)C1=O)Nc1ccccn1. The highest BCUT2D eigenvalue weighted by atomic mass is 16.2. The molecule has 7 nitrogen and oxygen atoms in total. The summed E-state index contributed by atoms with van der Waals surface area (Å²) in [5.41, 5.74) is 0.847. The number of urea groups is 1. The van der Waals surface area contributed by atoms with Gasteiger partial charge in [0.25, 0.3) is 5.91 Å². The minimum Gasteiger partial charge on any atom is -0.325 e. The largest absolute Gasteiger partial charge is 0.325 e. The average Bonchev–Trinajstić information content (AvgIpc) is 2.84. The van der Waals surface area contributed by atoms with Crippen LogP contribution in [0.3, 0.4) is 0 Å². The molecule has 122 valence electrons. The number of amides is 4. The van der Waals surface area contributed by atoms with Crippen molar-refractivity contribution in [2.24, 2.45) is 0 Å². The van der Waals surface area contributed by atoms with Gasteiger partial charge in [0, 0.05) is 6.20 Å². The summed E-state index contributed by atoms with van der Waals surface area (Å²) in [7, 11) is 0. The number of carbonyl (C=O) groups excluding carboxylic acids is 3. The fraction of sp³-hybridized carbons (Fsp3) is 0.176. The van der Waals surface area contributed by atoms with E-state index in [1.54, 1.807) is 24.4 Å². The fourth-order valence-electron chi connectivity index (χ4n) is 2.45. The molecule has 2 aromatic rings. The molecule has 1 aliphatic heterocycles. The fourth-order valence-corrected chi connectivity index (χ4v) is 2.45. The Morgan fingerprint density at radius 3 is 2.58 bits per heavy atom. The molecule has 1 aromatic heterocycles. The summed E-state index contributed by atoms with van der Waals surface area (Å²) in [5.74, 6) is -0.380. The highest BCUT2D eigenvalue weighted by molar-refractivity contribution is 6.06. The molecule has 0 radical (unpaired) electrons. The second-order valence-electron chi connectivity index (χ2n) is 5.38. The minimum absolute atomic E-state index is 0.133. The summed E-state index contributed by atoms with van der Waals surface area (Å²) >= 11 is 0. The lowest BCUT2D eigenvalue weighted by Crippen LogP contribution is -2.34. The maximum absolute atomic E-state index is 12.4. The van der Waals surface area contributed by atoms with Gasteiger partial charge in [0.2, 0.25) is 5.91 Å². The Morgan fingerprint density at radius 2 is 1.88 bits per heavy atom. The van der Waals surface area contributed by atoms with E-state index in [1.807, 2.05) is 30.3 Å². The number of aromatic nitrogens is 1. The van der Waals surface area contributed by atoms with Crippen LogP contribution in [-0.2, 0) is 16.1 Å². The third-order valence-corrected chi connectivity index (χ3v) is 3.61. The number of pyridine rings is 1. The zero-order valence-corrected chi connectivity index (χ0v) is 12.8. The van der Waals surface area contributed by atoms with E-state index in [2.05, 4.69) is 15.6 Å². The van der Waals surface area contributed by atoms with Crippen molar-refractivity contribution in [2.45, 2.75) is 19.0 Å². The average molecular weight is 324 g/mol. The van der Waals surface area contributed by atoms with Crippen molar-refractivity contribution in [1.82, 2.24) is 15.2 Å². The van der Waals surface area contributed by atoms with Gasteiger partial charge in [-0.15, -0.1) is 0 Å². The molecule has 1 fully saturated rings. The molecule has 1 aromatic carbocycles. The van der Waals surface area contributed by atoms with Gasteiger partial charge in [-0.3, -0.25) is 14.5 Å². The third-order valence-electron chi connectivity index (χ3n) is 3.61. The molecule has 24 heavy (non-hydrogen) atoms. The topological polar surface area (TPSA) is 91.4 Å². The number of anilines is 1. The summed E-state index contributed by atoms with van der Waals surface area (Å²) in [6.07, 6.45) is 1.42. The van der Waals surface area contributed by atoms with Crippen LogP contribution < -0.4 is 10.6 Å². The van der Waals surface area contributed by atoms with Gasteiger partial charge in [0.05, 0.1) is 13.0 Å². The van der Waals surface area contributed by atoms with Crippen molar-refractivity contribution in [3.8, 4) is 0 Å². The van der Waals surface area contributed by atoms with Crippen LogP contribution in [0, 0.1) is 0 Å². The Labute approximate surface area is 138 Å². The highest BCUT2D eigenvalue weighted by Crippen LogP contribution is 2.14. The number of carbonyl (C=O) groups is 3. The van der Waals surface area contributed by atoms with Gasteiger partial charge in [-0.1, -0.05) is 36.4 Å². The van der Waals surface area contributed by atoms with E-state index >= 15 is 0 Å². The van der Waals surface area contributed by atoms with Crippen molar-refractivity contribution in [2.75, 3.05) is 5.32 Å². The van der Waals surface area contributed by atoms with Crippen LogP contribution in [0.5, 0.6) is 0 Å². The Kier molecular flexibility index (Phi) is 4.51. The first-order valence-electron chi connectivity index (χ1n) is 7.50. The summed E-state index contributed by atoms with van der Waals surface area (Å²) in [6.45, 7) is 0.184. The number of nitrogens with one attached hydrogen (secondary N) is 2. The van der Waals surface area contributed by atoms with E-state index in [0.717, 1.165) is 10.5 Å². The third kappa shape index (κ3) is 3.57. The van der Waals surface area contributed by atoms with Crippen LogP contribution in [0.15, 0.2) is 54.7 Å². The van der Waals surface area contributed by atoms with E-state index in [-0.39, 0.29) is 18.9 Å². The predicted molar refractivity (Wildman–Crippen MR) is 86.8 cm³/mol. The van der Waals surface area contributed by atoms with Gasteiger partial charge in [0.1, 0.15) is 11.9 Å². The van der Waals surface area contributed by atoms with Gasteiger partial charge >= 0.3 is 6.03 Å². The number of hydrogen-bond acceptors (Lipinski definition) is 4. The first-order chi connectivity index (χ1) is 11.6. The van der Waals surface area contributed by atoms with Crippen LogP contribution in [0.4, 0.5) is 10.6 Å². The van der Waals surface area contributed by atoms with Crippen molar-refractivity contribution in [1.29, 1.82) is 0 Å². The zero-order chi connectivity index (χ0) is 16.9. The molecule has 1 atom stereocenters. The predicted octanol–water partition coefficient (Wildman–Crippen LogP) is 1.53. The summed E-state index contributed by atoms with van der Waals surface area (Å²) < 4.78 is 0. The lowest BCUT2D eigenvalue weighted by atomic mass is 10.1. The number of rotatable bonds is 5. The molecule has 7 heteroatoms. The van der Waals surface area contributed by atoms with E-state index in [1.165, 1.54) is 0 Å². The van der Waals surface area contributed by atoms with Crippen molar-refractivity contribution >= 4 is 23.7 Å². The smallest absolute Gasteiger partial charge is 0.325 e. The van der Waals surface area contributed by atoms with Crippen molar-refractivity contribution in [3.05, 3.63) is 60.3 Å². The first-order valence-corrected chi connectivity index (χ1v) is 7.50. The van der Waals surface area contributed by atoms with Gasteiger partial charge in [-0.25, -0.2) is 9.78 Å². The van der Waals surface area contributed by atoms with Crippen LogP contribution in [0.1, 0.15) is 12.0 Å². The molecule has 0 unspecified atom stereocenters. The summed E-state index contributed by atoms with van der Waals surface area (Å²) in [5, 5.41) is 5.14. The normalized spacial score (nSPS) is 16.8. The van der Waals surface area contributed by atoms with Gasteiger partial charge in [0.15, 0.2) is 0 Å². The quantitative estimate of drug-likeness (QED) is 0.816. The van der Waals surface area contributed by atoms with Crippen molar-refractivity contribution < 1.29 is 14.4 Å². The van der Waals surface area contributed by atoms with Crippen molar-refractivity contribution in [3.63, 3.8) is 0 Å². The van der Waals surface area contributed by atoms with E-state index < -0.39 is 18.0 Å². The molecule has 1 saturated heterocycles. The van der Waals surface area contributed by atoms with E-state index in [4.69, 9.17) is 0 Å². The molecule has 3 rings (SSSR count). The lowest BCUT2D eigenvalue weighted by Gasteiger charge is -2.13. The molecular formula is C17H16N4O3. The monoisotopic (exact) mass is 324 g/mol. The van der Waals surface area contributed by atoms with Gasteiger partial charge < -0.3 is 10.6 Å². The highest BCUT2D eigenvalue weighted by Gasteiger charge is 2.38. The molecule has 0 spiro atoms. The standard InChI is InChI=1S/C17H16N4O3/c22-15(20-14-8-4-5-9-18-14)10-13-16(23)21(17(24)19-13)11-12-6-2-1-3-7-12/h1-9,13H,10-11H2,(H,19,24)(H,18,20,22)/t13-/m0/s1. The second-order valence-corrected chi connectivity index (χ2v) is 5.38. The molecule has 0 bridgehead atoms. The number of imide groups is 1. The first kappa shape index (κ1) is 15.7. The van der Waals surface area contributed by atoms with Crippen LogP contribution in [0.25, 0.3) is 0 Å². The second kappa shape index (κ2) is 6.91. The maximum atomic E-state index is 12.4. The maximum Gasteiger partial charge on any atom is 0.325 e. The van der Waals surface area contributed by atoms with Gasteiger partial charge in [-0.2, -0.15) is 0 Å². The summed E-state index contributed by atoms with van der Waals surface area (Å²) in [4.78, 5) is 41.5.